The van der Waals surface area contributed by atoms with Gasteiger partial charge in [0.05, 0.1) is 15.8 Å². The summed E-state index contributed by atoms with van der Waals surface area (Å²) in [7, 11) is 0. The van der Waals surface area contributed by atoms with Crippen LogP contribution in [-0.2, 0) is 6.18 Å². The van der Waals surface area contributed by atoms with Crippen LogP contribution in [0.1, 0.15) is 35.7 Å². The Morgan fingerprint density at radius 1 is 0.971 bits per heavy atom. The van der Waals surface area contributed by atoms with Gasteiger partial charge >= 0.3 is 6.18 Å². The van der Waals surface area contributed by atoms with Crippen molar-refractivity contribution in [3.8, 4) is 0 Å². The SMILES string of the molecule is CC1CCN(c2nc3ccc(C(=O)N4CCN(c5cccc(C(F)(F)F)c5)CC4)cc3s2)CC1. The maximum absolute atomic E-state index is 13.1. The number of amides is 1. The minimum atomic E-state index is -4.37. The number of carbonyl (C=O) groups excluding carboxylic acids is 1. The topological polar surface area (TPSA) is 39.7 Å². The van der Waals surface area contributed by atoms with Crippen molar-refractivity contribution in [1.29, 1.82) is 0 Å². The molecule has 3 aromatic rings. The zero-order chi connectivity index (χ0) is 23.9. The van der Waals surface area contributed by atoms with E-state index in [0.717, 1.165) is 40.4 Å². The molecule has 3 heterocycles. The molecule has 1 amide bonds. The average Bonchev–Trinajstić information content (AvgIpc) is 3.27. The molecule has 2 aliphatic heterocycles. The van der Waals surface area contributed by atoms with Crippen molar-refractivity contribution in [2.24, 2.45) is 5.92 Å². The number of fused-ring (bicyclic) bond motifs is 1. The van der Waals surface area contributed by atoms with Crippen LogP contribution >= 0.6 is 11.3 Å². The fourth-order valence-corrected chi connectivity index (χ4v) is 5.67. The quantitative estimate of drug-likeness (QED) is 0.487. The summed E-state index contributed by atoms with van der Waals surface area (Å²) >= 11 is 1.63. The van der Waals surface area contributed by atoms with Gasteiger partial charge in [-0.05, 0) is 55.2 Å². The van der Waals surface area contributed by atoms with Crippen LogP contribution in [0.3, 0.4) is 0 Å². The average molecular weight is 489 g/mol. The predicted molar refractivity (Wildman–Crippen MR) is 130 cm³/mol. The first kappa shape index (κ1) is 23.0. The highest BCUT2D eigenvalue weighted by molar-refractivity contribution is 7.22. The number of piperazine rings is 1. The lowest BCUT2D eigenvalue weighted by atomic mass is 10.00. The molecule has 0 aliphatic carbocycles. The van der Waals surface area contributed by atoms with Gasteiger partial charge in [-0.1, -0.05) is 24.3 Å². The van der Waals surface area contributed by atoms with Gasteiger partial charge in [0.25, 0.3) is 5.91 Å². The number of halogens is 3. The lowest BCUT2D eigenvalue weighted by molar-refractivity contribution is -0.137. The molecule has 180 valence electrons. The van der Waals surface area contributed by atoms with Crippen LogP contribution in [0.15, 0.2) is 42.5 Å². The van der Waals surface area contributed by atoms with E-state index in [1.54, 1.807) is 22.3 Å². The number of rotatable bonds is 3. The van der Waals surface area contributed by atoms with Crippen LogP contribution in [0.2, 0.25) is 0 Å². The van der Waals surface area contributed by atoms with Gasteiger partial charge in [-0.25, -0.2) is 4.98 Å². The van der Waals surface area contributed by atoms with Crippen molar-refractivity contribution < 1.29 is 18.0 Å². The van der Waals surface area contributed by atoms with Crippen molar-refractivity contribution in [3.63, 3.8) is 0 Å². The van der Waals surface area contributed by atoms with Crippen molar-refractivity contribution in [3.05, 3.63) is 53.6 Å². The number of anilines is 2. The summed E-state index contributed by atoms with van der Waals surface area (Å²) in [6.07, 6.45) is -2.02. The third-order valence-corrected chi connectivity index (χ3v) is 7.86. The van der Waals surface area contributed by atoms with Gasteiger partial charge in [-0.2, -0.15) is 13.2 Å². The molecule has 0 radical (unpaired) electrons. The molecule has 0 N–H and O–H groups in total. The van der Waals surface area contributed by atoms with E-state index in [2.05, 4.69) is 11.8 Å². The zero-order valence-electron chi connectivity index (χ0n) is 19.0. The van der Waals surface area contributed by atoms with Gasteiger partial charge < -0.3 is 14.7 Å². The van der Waals surface area contributed by atoms with Crippen LogP contribution < -0.4 is 9.80 Å². The highest BCUT2D eigenvalue weighted by atomic mass is 32.1. The van der Waals surface area contributed by atoms with E-state index in [1.807, 2.05) is 23.1 Å². The van der Waals surface area contributed by atoms with Crippen LogP contribution in [0, 0.1) is 5.92 Å². The lowest BCUT2D eigenvalue weighted by Gasteiger charge is -2.36. The van der Waals surface area contributed by atoms with Crippen molar-refractivity contribution in [2.75, 3.05) is 49.1 Å². The smallest absolute Gasteiger partial charge is 0.368 e. The molecule has 9 heteroatoms. The molecule has 0 bridgehead atoms. The fourth-order valence-electron chi connectivity index (χ4n) is 4.61. The Labute approximate surface area is 200 Å². The molecule has 2 saturated heterocycles. The Hall–Kier alpha value is -2.81. The Morgan fingerprint density at radius 3 is 2.41 bits per heavy atom. The van der Waals surface area contributed by atoms with E-state index in [9.17, 15) is 18.0 Å². The number of aromatic nitrogens is 1. The van der Waals surface area contributed by atoms with Crippen molar-refractivity contribution in [2.45, 2.75) is 25.9 Å². The molecule has 0 atom stereocenters. The maximum Gasteiger partial charge on any atom is 0.416 e. The number of carbonyl (C=O) groups is 1. The molecule has 2 aliphatic rings. The molecule has 0 unspecified atom stereocenters. The van der Waals surface area contributed by atoms with Gasteiger partial charge in [0.1, 0.15) is 0 Å². The summed E-state index contributed by atoms with van der Waals surface area (Å²) in [6, 6.07) is 11.0. The third-order valence-electron chi connectivity index (χ3n) is 6.78. The van der Waals surface area contributed by atoms with E-state index < -0.39 is 11.7 Å². The van der Waals surface area contributed by atoms with Gasteiger partial charge in [0.15, 0.2) is 5.13 Å². The molecular formula is C25H27F3N4OS. The van der Waals surface area contributed by atoms with Crippen LogP contribution in [-0.4, -0.2) is 55.1 Å². The first-order valence-electron chi connectivity index (χ1n) is 11.6. The largest absolute Gasteiger partial charge is 0.416 e. The Kier molecular flexibility index (Phi) is 6.14. The van der Waals surface area contributed by atoms with Crippen molar-refractivity contribution >= 4 is 38.3 Å². The molecular weight excluding hydrogens is 461 g/mol. The highest BCUT2D eigenvalue weighted by Crippen LogP contribution is 2.33. The monoisotopic (exact) mass is 488 g/mol. The van der Waals surface area contributed by atoms with E-state index in [-0.39, 0.29) is 5.91 Å². The number of alkyl halides is 3. The summed E-state index contributed by atoms with van der Waals surface area (Å²) in [5.74, 6) is 0.705. The van der Waals surface area contributed by atoms with Gasteiger partial charge in [0.2, 0.25) is 0 Å². The van der Waals surface area contributed by atoms with Gasteiger partial charge in [-0.3, -0.25) is 4.79 Å². The van der Waals surface area contributed by atoms with Gasteiger partial charge in [-0.15, -0.1) is 0 Å². The molecule has 34 heavy (non-hydrogen) atoms. The third kappa shape index (κ3) is 4.71. The van der Waals surface area contributed by atoms with E-state index in [0.29, 0.717) is 37.4 Å². The van der Waals surface area contributed by atoms with Crippen LogP contribution in [0.5, 0.6) is 0 Å². The second kappa shape index (κ2) is 9.09. The summed E-state index contributed by atoms with van der Waals surface area (Å²) in [5, 5.41) is 1.02. The molecule has 5 nitrogen and oxygen atoms in total. The van der Waals surface area contributed by atoms with E-state index in [4.69, 9.17) is 4.98 Å². The number of hydrogen-bond donors (Lipinski definition) is 0. The zero-order valence-corrected chi connectivity index (χ0v) is 19.8. The summed E-state index contributed by atoms with van der Waals surface area (Å²) in [4.78, 5) is 23.9. The standard InChI is InChI=1S/C25H27F3N4OS/c1-17-7-9-32(10-8-17)24-29-21-6-5-18(15-22(21)34-24)23(33)31-13-11-30(12-14-31)20-4-2-3-19(16-20)25(26,27)28/h2-6,15-17H,7-14H2,1H3. The number of hydrogen-bond acceptors (Lipinski definition) is 5. The van der Waals surface area contributed by atoms with Gasteiger partial charge in [0, 0.05) is 50.5 Å². The summed E-state index contributed by atoms with van der Waals surface area (Å²) < 4.78 is 40.1. The summed E-state index contributed by atoms with van der Waals surface area (Å²) in [6.45, 7) is 6.24. The molecule has 1 aromatic heterocycles. The maximum atomic E-state index is 13.1. The summed E-state index contributed by atoms with van der Waals surface area (Å²) in [5.41, 5.74) is 1.42. The molecule has 5 rings (SSSR count). The molecule has 2 fully saturated rings. The lowest BCUT2D eigenvalue weighted by Crippen LogP contribution is -2.48. The molecule has 0 saturated carbocycles. The Balaban J connectivity index is 1.25. The Morgan fingerprint density at radius 2 is 1.71 bits per heavy atom. The Bertz CT molecular complexity index is 1180. The molecule has 0 spiro atoms. The van der Waals surface area contributed by atoms with Crippen LogP contribution in [0.25, 0.3) is 10.2 Å². The number of nitrogens with zero attached hydrogens (tertiary/aromatic N) is 4. The molecule has 2 aromatic carbocycles. The second-order valence-corrected chi connectivity index (χ2v) is 10.2. The number of benzene rings is 2. The first-order chi connectivity index (χ1) is 16.3. The van der Waals surface area contributed by atoms with E-state index >= 15 is 0 Å². The number of thiazole rings is 1. The normalized spacial score (nSPS) is 18.1. The predicted octanol–water partition coefficient (Wildman–Crippen LogP) is 5.51. The second-order valence-electron chi connectivity index (χ2n) is 9.18. The fraction of sp³-hybridized carbons (Fsp3) is 0.440. The van der Waals surface area contributed by atoms with E-state index in [1.165, 1.54) is 25.0 Å². The van der Waals surface area contributed by atoms with Crippen LogP contribution in [0.4, 0.5) is 24.0 Å². The number of piperidine rings is 1. The minimum absolute atomic E-state index is 0.0488. The first-order valence-corrected chi connectivity index (χ1v) is 12.5. The highest BCUT2D eigenvalue weighted by Gasteiger charge is 2.31. The minimum Gasteiger partial charge on any atom is -0.368 e. The van der Waals surface area contributed by atoms with Crippen molar-refractivity contribution in [1.82, 2.24) is 9.88 Å².